The minimum atomic E-state index is -0.492. The molecule has 25 heavy (non-hydrogen) atoms. The van der Waals surface area contributed by atoms with Crippen LogP contribution in [0, 0.1) is 10.1 Å². The molecule has 0 unspecified atom stereocenters. The van der Waals surface area contributed by atoms with E-state index in [4.69, 9.17) is 11.6 Å². The van der Waals surface area contributed by atoms with Gasteiger partial charge in [-0.25, -0.2) is 4.98 Å². The largest absolute Gasteiger partial charge is 0.288 e. The second-order valence-electron chi connectivity index (χ2n) is 5.37. The lowest BCUT2D eigenvalue weighted by molar-refractivity contribution is -0.384. The quantitative estimate of drug-likeness (QED) is 0.349. The van der Waals surface area contributed by atoms with Crippen molar-refractivity contribution < 1.29 is 4.92 Å². The molecule has 0 saturated carbocycles. The van der Waals surface area contributed by atoms with E-state index in [-0.39, 0.29) is 10.7 Å². The van der Waals surface area contributed by atoms with E-state index in [9.17, 15) is 10.1 Å². The predicted octanol–water partition coefficient (Wildman–Crippen LogP) is 5.59. The number of aromatic nitrogens is 2. The Kier molecular flexibility index (Phi) is 3.91. The molecule has 122 valence electrons. The minimum absolute atomic E-state index is 0.113. The van der Waals surface area contributed by atoms with Crippen molar-refractivity contribution in [1.82, 2.24) is 9.97 Å². The Balaban J connectivity index is 1.81. The summed E-state index contributed by atoms with van der Waals surface area (Å²) in [7, 11) is 0. The van der Waals surface area contributed by atoms with Crippen LogP contribution in [-0.4, -0.2) is 14.9 Å². The summed E-state index contributed by atoms with van der Waals surface area (Å²) >= 11 is 7.35. The first-order valence-corrected chi connectivity index (χ1v) is 8.62. The van der Waals surface area contributed by atoms with Gasteiger partial charge in [-0.05, 0) is 11.5 Å². The van der Waals surface area contributed by atoms with Crippen LogP contribution < -0.4 is 0 Å². The number of halogens is 1. The number of hydrogen-bond acceptors (Lipinski definition) is 5. The first-order chi connectivity index (χ1) is 12.1. The van der Waals surface area contributed by atoms with E-state index in [1.54, 1.807) is 12.3 Å². The fraction of sp³-hybridized carbons (Fsp3) is 0. The molecule has 0 atom stereocenters. The number of hydrogen-bond donors (Lipinski definition) is 0. The SMILES string of the molecule is O=[N+]([O-])c1cc(-c2csc(-c3cncc4ccccc34)n2)ccc1Cl. The van der Waals surface area contributed by atoms with Gasteiger partial charge in [0, 0.05) is 40.4 Å². The molecular weight excluding hydrogens is 358 g/mol. The molecule has 0 saturated heterocycles. The summed E-state index contributed by atoms with van der Waals surface area (Å²) in [6, 6.07) is 12.7. The molecule has 7 heteroatoms. The van der Waals surface area contributed by atoms with E-state index in [2.05, 4.69) is 9.97 Å². The molecule has 4 aromatic rings. The molecule has 2 aromatic carbocycles. The van der Waals surface area contributed by atoms with Crippen LogP contribution in [0.1, 0.15) is 0 Å². The lowest BCUT2D eigenvalue weighted by Crippen LogP contribution is -1.90. The molecule has 0 spiro atoms. The zero-order chi connectivity index (χ0) is 17.4. The molecule has 0 N–H and O–H groups in total. The third kappa shape index (κ3) is 2.86. The normalized spacial score (nSPS) is 10.9. The molecule has 0 bridgehead atoms. The average molecular weight is 368 g/mol. The van der Waals surface area contributed by atoms with Crippen LogP contribution in [0.2, 0.25) is 5.02 Å². The van der Waals surface area contributed by atoms with Crippen LogP contribution in [-0.2, 0) is 0 Å². The number of fused-ring (bicyclic) bond motifs is 1. The zero-order valence-electron chi connectivity index (χ0n) is 12.7. The van der Waals surface area contributed by atoms with Crippen molar-refractivity contribution >= 4 is 39.4 Å². The Labute approximate surface area is 151 Å². The maximum atomic E-state index is 11.1. The highest BCUT2D eigenvalue weighted by Gasteiger charge is 2.16. The summed E-state index contributed by atoms with van der Waals surface area (Å²) in [5, 5.41) is 16.0. The van der Waals surface area contributed by atoms with Crippen LogP contribution in [0.15, 0.2) is 60.2 Å². The highest BCUT2D eigenvalue weighted by molar-refractivity contribution is 7.13. The summed E-state index contributed by atoms with van der Waals surface area (Å²) in [4.78, 5) is 19.5. The molecule has 2 aromatic heterocycles. The van der Waals surface area contributed by atoms with Crippen molar-refractivity contribution in [2.75, 3.05) is 0 Å². The smallest absolute Gasteiger partial charge is 0.263 e. The highest BCUT2D eigenvalue weighted by atomic mass is 35.5. The highest BCUT2D eigenvalue weighted by Crippen LogP contribution is 2.35. The van der Waals surface area contributed by atoms with E-state index in [1.807, 2.05) is 35.8 Å². The first-order valence-electron chi connectivity index (χ1n) is 7.36. The fourth-order valence-corrected chi connectivity index (χ4v) is 3.67. The summed E-state index contributed by atoms with van der Waals surface area (Å²) in [5.74, 6) is 0. The molecule has 4 rings (SSSR count). The van der Waals surface area contributed by atoms with Crippen LogP contribution in [0.4, 0.5) is 5.69 Å². The number of benzene rings is 2. The monoisotopic (exact) mass is 367 g/mol. The summed E-state index contributed by atoms with van der Waals surface area (Å²) in [6.45, 7) is 0. The number of nitro groups is 1. The maximum Gasteiger partial charge on any atom is 0.288 e. The Morgan fingerprint density at radius 3 is 2.80 bits per heavy atom. The van der Waals surface area contributed by atoms with E-state index in [1.165, 1.54) is 23.5 Å². The second-order valence-corrected chi connectivity index (χ2v) is 6.63. The Morgan fingerprint density at radius 2 is 1.96 bits per heavy atom. The molecule has 2 heterocycles. The van der Waals surface area contributed by atoms with Gasteiger partial charge in [-0.2, -0.15) is 0 Å². The molecule has 0 aliphatic rings. The van der Waals surface area contributed by atoms with Gasteiger partial charge in [-0.1, -0.05) is 41.9 Å². The maximum absolute atomic E-state index is 11.1. The topological polar surface area (TPSA) is 68.9 Å². The third-order valence-corrected chi connectivity index (χ3v) is 5.04. The van der Waals surface area contributed by atoms with Crippen molar-refractivity contribution in [3.05, 3.63) is 75.4 Å². The van der Waals surface area contributed by atoms with Crippen molar-refractivity contribution in [3.63, 3.8) is 0 Å². The lowest BCUT2D eigenvalue weighted by atomic mass is 10.1. The Hall–Kier alpha value is -2.83. The van der Waals surface area contributed by atoms with Crippen molar-refractivity contribution in [2.24, 2.45) is 0 Å². The third-order valence-electron chi connectivity index (χ3n) is 3.84. The van der Waals surface area contributed by atoms with Crippen LogP contribution in [0.25, 0.3) is 32.6 Å². The van der Waals surface area contributed by atoms with Crippen molar-refractivity contribution in [3.8, 4) is 21.8 Å². The predicted molar refractivity (Wildman–Crippen MR) is 100.0 cm³/mol. The standard InChI is InChI=1S/C18H10ClN3O2S/c19-15-6-5-11(7-17(15)22(23)24)16-10-25-18(21-16)14-9-20-8-12-3-1-2-4-13(12)14/h1-10H. The van der Waals surface area contributed by atoms with Gasteiger partial charge in [0.15, 0.2) is 0 Å². The summed E-state index contributed by atoms with van der Waals surface area (Å²) in [6.07, 6.45) is 3.60. The number of thiazole rings is 1. The number of pyridine rings is 1. The molecule has 0 amide bonds. The fourth-order valence-electron chi connectivity index (χ4n) is 2.63. The van der Waals surface area contributed by atoms with E-state index >= 15 is 0 Å². The van der Waals surface area contributed by atoms with E-state index < -0.39 is 4.92 Å². The van der Waals surface area contributed by atoms with E-state index in [0.717, 1.165) is 21.3 Å². The summed E-state index contributed by atoms with van der Waals surface area (Å²) in [5.41, 5.74) is 2.15. The molecule has 0 aliphatic heterocycles. The van der Waals surface area contributed by atoms with Crippen molar-refractivity contribution in [2.45, 2.75) is 0 Å². The Morgan fingerprint density at radius 1 is 1.12 bits per heavy atom. The number of rotatable bonds is 3. The van der Waals surface area contributed by atoms with Gasteiger partial charge in [-0.15, -0.1) is 11.3 Å². The van der Waals surface area contributed by atoms with Gasteiger partial charge in [-0.3, -0.25) is 15.1 Å². The molecule has 0 aliphatic carbocycles. The van der Waals surface area contributed by atoms with Gasteiger partial charge in [0.05, 0.1) is 10.6 Å². The van der Waals surface area contributed by atoms with Crippen molar-refractivity contribution in [1.29, 1.82) is 0 Å². The average Bonchev–Trinajstić information content (AvgIpc) is 3.11. The number of nitrogens with zero attached hydrogens (tertiary/aromatic N) is 3. The van der Waals surface area contributed by atoms with Crippen LogP contribution in [0.5, 0.6) is 0 Å². The minimum Gasteiger partial charge on any atom is -0.263 e. The number of nitro benzene ring substituents is 1. The molecule has 0 fully saturated rings. The first kappa shape index (κ1) is 15.7. The molecular formula is C18H10ClN3O2S. The van der Waals surface area contributed by atoms with Crippen LogP contribution >= 0.6 is 22.9 Å². The van der Waals surface area contributed by atoms with Gasteiger partial charge in [0.25, 0.3) is 5.69 Å². The summed E-state index contributed by atoms with van der Waals surface area (Å²) < 4.78 is 0. The van der Waals surface area contributed by atoms with Gasteiger partial charge >= 0.3 is 0 Å². The van der Waals surface area contributed by atoms with Gasteiger partial charge < -0.3 is 0 Å². The zero-order valence-corrected chi connectivity index (χ0v) is 14.3. The molecule has 5 nitrogen and oxygen atoms in total. The second kappa shape index (κ2) is 6.23. The lowest BCUT2D eigenvalue weighted by Gasteiger charge is -2.02. The molecule has 0 radical (unpaired) electrons. The van der Waals surface area contributed by atoms with Gasteiger partial charge in [0.2, 0.25) is 0 Å². The van der Waals surface area contributed by atoms with Gasteiger partial charge in [0.1, 0.15) is 10.0 Å². The van der Waals surface area contributed by atoms with Crippen LogP contribution in [0.3, 0.4) is 0 Å². The Bertz CT molecular complexity index is 1110. The van der Waals surface area contributed by atoms with E-state index in [0.29, 0.717) is 11.3 Å².